The monoisotopic (exact) mass is 520 g/mol. The number of hydrogen-bond acceptors (Lipinski definition) is 8. The lowest BCUT2D eigenvalue weighted by molar-refractivity contribution is -0.141. The number of anilines is 1. The van der Waals surface area contributed by atoms with Crippen LogP contribution in [0.25, 0.3) is 0 Å². The first kappa shape index (κ1) is 24.7. The predicted octanol–water partition coefficient (Wildman–Crippen LogP) is 1.41. The number of alkyl halides is 4. The highest BCUT2D eigenvalue weighted by molar-refractivity contribution is 7.90. The molecule has 1 amide bonds. The number of nitrogens with two attached hydrogens (primary N) is 1. The summed E-state index contributed by atoms with van der Waals surface area (Å²) in [5.41, 5.74) is 1.63. The summed E-state index contributed by atoms with van der Waals surface area (Å²) in [4.78, 5) is 23.2. The molecule has 0 aliphatic carbocycles. The number of amides is 1. The molecule has 1 aromatic carbocycles. The Morgan fingerprint density at radius 1 is 1.31 bits per heavy atom. The van der Waals surface area contributed by atoms with Gasteiger partial charge in [-0.3, -0.25) is 4.79 Å². The Bertz CT molecular complexity index is 1300. The van der Waals surface area contributed by atoms with Gasteiger partial charge in [-0.05, 0) is 18.2 Å². The number of benzene rings is 1. The topological polar surface area (TPSA) is 140 Å². The third-order valence-electron chi connectivity index (χ3n) is 5.68. The summed E-state index contributed by atoms with van der Waals surface area (Å²) in [6, 6.07) is 3.10. The average molecular weight is 520 g/mol. The van der Waals surface area contributed by atoms with Crippen molar-refractivity contribution in [3.05, 3.63) is 53.4 Å². The van der Waals surface area contributed by atoms with Crippen LogP contribution in [0, 0.1) is 5.82 Å². The molecule has 2 aliphatic rings. The number of rotatable bonds is 4. The molecular formula is C19H17F5N6O4S. The van der Waals surface area contributed by atoms with Gasteiger partial charge in [0.05, 0.1) is 19.0 Å². The van der Waals surface area contributed by atoms with Crippen molar-refractivity contribution in [3.63, 3.8) is 0 Å². The molecule has 2 aromatic rings. The number of nitrogens with one attached hydrogen (secondary N) is 1. The zero-order valence-electron chi connectivity index (χ0n) is 17.8. The molecule has 4 rings (SSSR count). The number of carbonyl (C=O) groups is 1. The smallest absolute Gasteiger partial charge is 0.371 e. The summed E-state index contributed by atoms with van der Waals surface area (Å²) in [5.74, 6) is -2.37. The molecule has 2 aliphatic heterocycles. The van der Waals surface area contributed by atoms with Crippen LogP contribution in [0.4, 0.5) is 27.6 Å². The molecule has 35 heavy (non-hydrogen) atoms. The van der Waals surface area contributed by atoms with E-state index in [1.807, 2.05) is 0 Å². The van der Waals surface area contributed by atoms with Crippen molar-refractivity contribution in [2.75, 3.05) is 25.6 Å². The van der Waals surface area contributed by atoms with E-state index in [9.17, 15) is 30.8 Å². The van der Waals surface area contributed by atoms with E-state index in [4.69, 9.17) is 10.5 Å². The number of guanidine groups is 1. The Balaban J connectivity index is 1.72. The summed E-state index contributed by atoms with van der Waals surface area (Å²) in [5, 5.41) is 0.668. The first-order chi connectivity index (χ1) is 16.3. The van der Waals surface area contributed by atoms with Gasteiger partial charge in [-0.25, -0.2) is 36.5 Å². The number of aromatic nitrogens is 2. The maximum Gasteiger partial charge on any atom is 0.434 e. The van der Waals surface area contributed by atoms with Crippen LogP contribution < -0.4 is 11.1 Å². The van der Waals surface area contributed by atoms with Crippen molar-refractivity contribution in [3.8, 4) is 0 Å². The van der Waals surface area contributed by atoms with Crippen LogP contribution >= 0.6 is 0 Å². The minimum atomic E-state index is -4.75. The average Bonchev–Trinajstić information content (AvgIpc) is 3.19. The number of sulfonamides is 1. The number of ether oxygens (including phenoxy) is 1. The lowest BCUT2D eigenvalue weighted by Gasteiger charge is -2.39. The summed E-state index contributed by atoms with van der Waals surface area (Å²) in [7, 11) is -3.20. The molecule has 0 saturated carbocycles. The third kappa shape index (κ3) is 4.05. The first-order valence-corrected chi connectivity index (χ1v) is 11.3. The molecule has 3 N–H and O–H groups in total. The second kappa shape index (κ2) is 8.37. The van der Waals surface area contributed by atoms with Crippen molar-refractivity contribution in [2.24, 2.45) is 10.7 Å². The van der Waals surface area contributed by atoms with Crippen LogP contribution in [0.15, 0.2) is 35.6 Å². The fourth-order valence-electron chi connectivity index (χ4n) is 3.96. The van der Waals surface area contributed by atoms with Gasteiger partial charge in [-0.15, -0.1) is 0 Å². The Morgan fingerprint density at radius 2 is 2.03 bits per heavy atom. The lowest BCUT2D eigenvalue weighted by Crippen LogP contribution is -2.59. The Kier molecular flexibility index (Phi) is 5.91. The quantitative estimate of drug-likeness (QED) is 0.581. The van der Waals surface area contributed by atoms with E-state index < -0.39 is 75.4 Å². The molecule has 1 fully saturated rings. The van der Waals surface area contributed by atoms with Gasteiger partial charge >= 0.3 is 6.18 Å². The molecule has 3 atom stereocenters. The molecule has 1 aromatic heterocycles. The minimum Gasteiger partial charge on any atom is -0.371 e. The number of fused-ring (bicyclic) bond motifs is 1. The predicted molar refractivity (Wildman–Crippen MR) is 111 cm³/mol. The van der Waals surface area contributed by atoms with Crippen LogP contribution in [-0.2, 0) is 26.5 Å². The number of hydrogen-bond donors (Lipinski definition) is 2. The molecule has 10 nitrogen and oxygen atoms in total. The van der Waals surface area contributed by atoms with Crippen molar-refractivity contribution in [1.82, 2.24) is 14.3 Å². The van der Waals surface area contributed by atoms with E-state index in [0.717, 1.165) is 25.2 Å². The molecule has 0 radical (unpaired) electrons. The fourth-order valence-corrected chi connectivity index (χ4v) is 5.88. The van der Waals surface area contributed by atoms with E-state index in [1.54, 1.807) is 0 Å². The number of nitrogens with zero attached hydrogens (tertiary/aromatic N) is 4. The SMILES string of the molecule is CN1C(N)=N[C@@]2(c3cc(NC(=O)c4cnc(C(F)(F)F)cn4)ccc3F)CO[C@@H](CF)[C@H]2S1(=O)=O. The van der Waals surface area contributed by atoms with Gasteiger partial charge in [0.15, 0.2) is 5.69 Å². The highest BCUT2D eigenvalue weighted by Gasteiger charge is 2.62. The van der Waals surface area contributed by atoms with Gasteiger partial charge in [0.2, 0.25) is 16.0 Å². The number of aliphatic imine (C=N–C) groups is 1. The maximum atomic E-state index is 15.0. The fraction of sp³-hybridized carbons (Fsp3) is 0.368. The van der Waals surface area contributed by atoms with Gasteiger partial charge in [0.25, 0.3) is 5.91 Å². The molecule has 0 unspecified atom stereocenters. The van der Waals surface area contributed by atoms with Gasteiger partial charge in [0, 0.05) is 18.3 Å². The van der Waals surface area contributed by atoms with Crippen LogP contribution in [0.1, 0.15) is 21.7 Å². The minimum absolute atomic E-state index is 0.0741. The third-order valence-corrected chi connectivity index (χ3v) is 7.97. The molecule has 188 valence electrons. The van der Waals surface area contributed by atoms with Crippen LogP contribution in [0.5, 0.6) is 0 Å². The first-order valence-electron chi connectivity index (χ1n) is 9.82. The summed E-state index contributed by atoms with van der Waals surface area (Å²) in [6.07, 6.45) is -5.22. The number of halogens is 5. The largest absolute Gasteiger partial charge is 0.434 e. The normalized spacial score (nSPS) is 25.7. The van der Waals surface area contributed by atoms with Crippen LogP contribution in [-0.4, -0.2) is 66.2 Å². The van der Waals surface area contributed by atoms with Crippen LogP contribution in [0.3, 0.4) is 0 Å². The highest BCUT2D eigenvalue weighted by Crippen LogP contribution is 2.46. The Labute approximate surface area is 195 Å². The molecule has 1 saturated heterocycles. The zero-order valence-corrected chi connectivity index (χ0v) is 18.6. The van der Waals surface area contributed by atoms with E-state index in [2.05, 4.69) is 20.3 Å². The van der Waals surface area contributed by atoms with E-state index in [1.165, 1.54) is 0 Å². The summed E-state index contributed by atoms with van der Waals surface area (Å²) >= 11 is 0. The molecule has 16 heteroatoms. The van der Waals surface area contributed by atoms with Gasteiger partial charge in [-0.2, -0.15) is 13.2 Å². The number of carbonyl (C=O) groups excluding carboxylic acids is 1. The lowest BCUT2D eigenvalue weighted by atomic mass is 9.86. The van der Waals surface area contributed by atoms with Crippen molar-refractivity contribution in [1.29, 1.82) is 0 Å². The second-order valence-electron chi connectivity index (χ2n) is 7.76. The van der Waals surface area contributed by atoms with Crippen molar-refractivity contribution < 1.29 is 39.9 Å². The van der Waals surface area contributed by atoms with Gasteiger partial charge in [-0.1, -0.05) is 0 Å². The second-order valence-corrected chi connectivity index (χ2v) is 9.85. The van der Waals surface area contributed by atoms with Crippen molar-refractivity contribution in [2.45, 2.75) is 23.1 Å². The van der Waals surface area contributed by atoms with Gasteiger partial charge in [0.1, 0.15) is 35.1 Å². The van der Waals surface area contributed by atoms with Crippen LogP contribution in [0.2, 0.25) is 0 Å². The highest BCUT2D eigenvalue weighted by atomic mass is 32.2. The Morgan fingerprint density at radius 3 is 2.63 bits per heavy atom. The molecular weight excluding hydrogens is 503 g/mol. The van der Waals surface area contributed by atoms with Crippen molar-refractivity contribution >= 4 is 27.6 Å². The maximum absolute atomic E-state index is 15.0. The van der Waals surface area contributed by atoms with E-state index in [0.29, 0.717) is 16.7 Å². The molecule has 0 spiro atoms. The zero-order chi connectivity index (χ0) is 25.8. The van der Waals surface area contributed by atoms with E-state index in [-0.39, 0.29) is 11.3 Å². The standard InChI is InChI=1S/C19H17F5N6O4S/c1-30-17(25)29-18(8-34-13(5-20)15(18)35(30,32)33)10-4-9(2-3-11(10)21)28-16(31)12-6-27-14(7-26-12)19(22,23)24/h2-4,6-7,13,15H,5,8H2,1H3,(H2,25,29)(H,28,31)/t13-,15+,18+/m0/s1. The van der Waals surface area contributed by atoms with E-state index >= 15 is 4.39 Å². The molecule has 0 bridgehead atoms. The van der Waals surface area contributed by atoms with Gasteiger partial charge < -0.3 is 15.8 Å². The summed E-state index contributed by atoms with van der Waals surface area (Å²) in [6.45, 7) is -1.71. The summed E-state index contributed by atoms with van der Waals surface area (Å²) < 4.78 is 98.7. The Hall–Kier alpha value is -3.40. The molecule has 3 heterocycles.